The first-order valence-electron chi connectivity index (χ1n) is 7.91. The highest BCUT2D eigenvalue weighted by Crippen LogP contribution is 2.25. The first kappa shape index (κ1) is 15.5. The van der Waals surface area contributed by atoms with Gasteiger partial charge in [0.1, 0.15) is 6.61 Å². The highest BCUT2D eigenvalue weighted by molar-refractivity contribution is 5.93. The lowest BCUT2D eigenvalue weighted by atomic mass is 10.1. The van der Waals surface area contributed by atoms with Gasteiger partial charge in [0, 0.05) is 19.0 Å². The van der Waals surface area contributed by atoms with Crippen LogP contribution in [0.2, 0.25) is 0 Å². The maximum atomic E-state index is 12.5. The van der Waals surface area contributed by atoms with Crippen LogP contribution in [-0.4, -0.2) is 32.3 Å². The molecule has 2 aromatic heterocycles. The largest absolute Gasteiger partial charge is 0.453 e. The number of esters is 1. The SMILES string of the molecule is Cc1nc(C(=O)OCc2nnc3n2CCOC3)c(-c2ccccc2)o1. The molecule has 0 N–H and O–H groups in total. The molecule has 0 saturated carbocycles. The van der Waals surface area contributed by atoms with Crippen LogP contribution in [-0.2, 0) is 29.2 Å². The first-order valence-corrected chi connectivity index (χ1v) is 7.91. The minimum absolute atomic E-state index is 0.0198. The van der Waals surface area contributed by atoms with Gasteiger partial charge in [-0.25, -0.2) is 9.78 Å². The Hall–Kier alpha value is -3.00. The van der Waals surface area contributed by atoms with Gasteiger partial charge in [-0.3, -0.25) is 0 Å². The van der Waals surface area contributed by atoms with Crippen LogP contribution < -0.4 is 0 Å². The average molecular weight is 340 g/mol. The maximum absolute atomic E-state index is 12.5. The van der Waals surface area contributed by atoms with Crippen LogP contribution >= 0.6 is 0 Å². The standard InChI is InChI=1S/C17H16N4O4/c1-11-18-15(16(25-11)12-5-3-2-4-6-12)17(22)24-10-14-20-19-13-9-23-8-7-21(13)14/h2-6H,7-10H2,1H3. The Labute approximate surface area is 143 Å². The summed E-state index contributed by atoms with van der Waals surface area (Å²) in [5.74, 6) is 1.58. The van der Waals surface area contributed by atoms with Crippen molar-refractivity contribution in [1.29, 1.82) is 0 Å². The van der Waals surface area contributed by atoms with E-state index >= 15 is 0 Å². The maximum Gasteiger partial charge on any atom is 0.361 e. The lowest BCUT2D eigenvalue weighted by Crippen LogP contribution is -2.19. The molecule has 8 heteroatoms. The van der Waals surface area contributed by atoms with Crippen LogP contribution in [0.15, 0.2) is 34.7 Å². The third kappa shape index (κ3) is 3.03. The van der Waals surface area contributed by atoms with Crippen LogP contribution in [0.1, 0.15) is 28.0 Å². The summed E-state index contributed by atoms with van der Waals surface area (Å²) in [4.78, 5) is 16.7. The molecule has 0 amide bonds. The predicted molar refractivity (Wildman–Crippen MR) is 85.5 cm³/mol. The van der Waals surface area contributed by atoms with Gasteiger partial charge >= 0.3 is 5.97 Å². The summed E-state index contributed by atoms with van der Waals surface area (Å²) >= 11 is 0. The zero-order valence-corrected chi connectivity index (χ0v) is 13.6. The Bertz CT molecular complexity index is 901. The Kier molecular flexibility index (Phi) is 4.02. The summed E-state index contributed by atoms with van der Waals surface area (Å²) in [5.41, 5.74) is 0.928. The lowest BCUT2D eigenvalue weighted by Gasteiger charge is -2.15. The molecule has 1 aromatic carbocycles. The van der Waals surface area contributed by atoms with Crippen molar-refractivity contribution in [3.63, 3.8) is 0 Å². The number of benzene rings is 1. The number of carbonyl (C=O) groups is 1. The molecule has 8 nitrogen and oxygen atoms in total. The molecular weight excluding hydrogens is 324 g/mol. The van der Waals surface area contributed by atoms with Crippen molar-refractivity contribution < 1.29 is 18.7 Å². The van der Waals surface area contributed by atoms with E-state index in [2.05, 4.69) is 15.2 Å². The van der Waals surface area contributed by atoms with Crippen molar-refractivity contribution >= 4 is 5.97 Å². The second kappa shape index (κ2) is 6.48. The zero-order chi connectivity index (χ0) is 17.2. The van der Waals surface area contributed by atoms with Crippen molar-refractivity contribution in [2.45, 2.75) is 26.7 Å². The van der Waals surface area contributed by atoms with Crippen LogP contribution in [0.5, 0.6) is 0 Å². The fraction of sp³-hybridized carbons (Fsp3) is 0.294. The van der Waals surface area contributed by atoms with E-state index in [0.29, 0.717) is 37.2 Å². The number of ether oxygens (including phenoxy) is 2. The Balaban J connectivity index is 1.53. The molecule has 128 valence electrons. The minimum Gasteiger partial charge on any atom is -0.453 e. The number of carbonyl (C=O) groups excluding carboxylic acids is 1. The van der Waals surface area contributed by atoms with Crippen molar-refractivity contribution in [2.24, 2.45) is 0 Å². The topological polar surface area (TPSA) is 92.3 Å². The Morgan fingerprint density at radius 2 is 2.12 bits per heavy atom. The summed E-state index contributed by atoms with van der Waals surface area (Å²) in [6, 6.07) is 9.33. The molecular formula is C17H16N4O4. The second-order valence-electron chi connectivity index (χ2n) is 5.59. The Morgan fingerprint density at radius 3 is 2.96 bits per heavy atom. The summed E-state index contributed by atoms with van der Waals surface area (Å²) in [6.45, 7) is 3.37. The van der Waals surface area contributed by atoms with Gasteiger partial charge in [0.15, 0.2) is 35.6 Å². The fourth-order valence-electron chi connectivity index (χ4n) is 2.71. The first-order chi connectivity index (χ1) is 12.2. The number of rotatable bonds is 4. The summed E-state index contributed by atoms with van der Waals surface area (Å²) < 4.78 is 18.2. The monoisotopic (exact) mass is 340 g/mol. The van der Waals surface area contributed by atoms with Gasteiger partial charge < -0.3 is 18.5 Å². The molecule has 3 heterocycles. The molecule has 3 aromatic rings. The van der Waals surface area contributed by atoms with E-state index < -0.39 is 5.97 Å². The molecule has 0 bridgehead atoms. The quantitative estimate of drug-likeness (QED) is 0.672. The molecule has 25 heavy (non-hydrogen) atoms. The Morgan fingerprint density at radius 1 is 1.28 bits per heavy atom. The number of aryl methyl sites for hydroxylation is 1. The smallest absolute Gasteiger partial charge is 0.361 e. The number of hydrogen-bond donors (Lipinski definition) is 0. The van der Waals surface area contributed by atoms with Crippen molar-refractivity contribution in [1.82, 2.24) is 19.7 Å². The lowest BCUT2D eigenvalue weighted by molar-refractivity contribution is 0.0437. The van der Waals surface area contributed by atoms with Crippen LogP contribution in [0, 0.1) is 6.92 Å². The zero-order valence-electron chi connectivity index (χ0n) is 13.6. The third-order valence-electron chi connectivity index (χ3n) is 3.89. The summed E-state index contributed by atoms with van der Waals surface area (Å²) in [6.07, 6.45) is 0. The summed E-state index contributed by atoms with van der Waals surface area (Å²) in [5, 5.41) is 8.10. The minimum atomic E-state index is -0.555. The predicted octanol–water partition coefficient (Wildman–Crippen LogP) is 2.13. The van der Waals surface area contributed by atoms with Gasteiger partial charge in [0.2, 0.25) is 0 Å². The van der Waals surface area contributed by atoms with Gasteiger partial charge in [0.25, 0.3) is 0 Å². The third-order valence-corrected chi connectivity index (χ3v) is 3.89. The highest BCUT2D eigenvalue weighted by Gasteiger charge is 2.23. The number of nitrogens with zero attached hydrogens (tertiary/aromatic N) is 4. The van der Waals surface area contributed by atoms with Gasteiger partial charge in [-0.15, -0.1) is 10.2 Å². The van der Waals surface area contributed by atoms with E-state index in [1.807, 2.05) is 34.9 Å². The normalized spacial score (nSPS) is 13.5. The molecule has 0 saturated heterocycles. The molecule has 0 radical (unpaired) electrons. The van der Waals surface area contributed by atoms with E-state index in [0.717, 1.165) is 11.4 Å². The van der Waals surface area contributed by atoms with E-state index in [1.165, 1.54) is 0 Å². The van der Waals surface area contributed by atoms with E-state index in [-0.39, 0.29) is 12.3 Å². The number of aromatic nitrogens is 4. The molecule has 0 atom stereocenters. The second-order valence-corrected chi connectivity index (χ2v) is 5.59. The van der Waals surface area contributed by atoms with Crippen molar-refractivity contribution in [2.75, 3.05) is 6.61 Å². The van der Waals surface area contributed by atoms with Crippen molar-refractivity contribution in [3.05, 3.63) is 53.6 Å². The molecule has 1 aliphatic rings. The molecule has 0 fully saturated rings. The van der Waals surface area contributed by atoms with Gasteiger partial charge in [-0.05, 0) is 0 Å². The van der Waals surface area contributed by atoms with Crippen LogP contribution in [0.3, 0.4) is 0 Å². The molecule has 0 aliphatic carbocycles. The number of oxazole rings is 1. The van der Waals surface area contributed by atoms with Crippen molar-refractivity contribution in [3.8, 4) is 11.3 Å². The summed E-state index contributed by atoms with van der Waals surface area (Å²) in [7, 11) is 0. The molecule has 4 rings (SSSR count). The van der Waals surface area contributed by atoms with E-state index in [4.69, 9.17) is 13.9 Å². The number of hydrogen-bond acceptors (Lipinski definition) is 7. The van der Waals surface area contributed by atoms with Gasteiger partial charge in [0.05, 0.1) is 6.61 Å². The fourth-order valence-corrected chi connectivity index (χ4v) is 2.71. The van der Waals surface area contributed by atoms with Gasteiger partial charge in [-0.1, -0.05) is 30.3 Å². The van der Waals surface area contributed by atoms with Gasteiger partial charge in [-0.2, -0.15) is 0 Å². The molecule has 0 spiro atoms. The highest BCUT2D eigenvalue weighted by atomic mass is 16.5. The molecule has 1 aliphatic heterocycles. The van der Waals surface area contributed by atoms with E-state index in [1.54, 1.807) is 6.92 Å². The average Bonchev–Trinajstić information content (AvgIpc) is 3.24. The van der Waals surface area contributed by atoms with Crippen LogP contribution in [0.25, 0.3) is 11.3 Å². The van der Waals surface area contributed by atoms with Crippen LogP contribution in [0.4, 0.5) is 0 Å². The molecule has 0 unspecified atom stereocenters. The number of fused-ring (bicyclic) bond motifs is 1. The van der Waals surface area contributed by atoms with E-state index in [9.17, 15) is 4.79 Å².